The molecule has 0 bridgehead atoms. The van der Waals surface area contributed by atoms with Gasteiger partial charge in [0.25, 0.3) is 0 Å². The molecule has 2 fully saturated rings. The average molecular weight is 478 g/mol. The van der Waals surface area contributed by atoms with Crippen LogP contribution in [-0.2, 0) is 19.1 Å². The van der Waals surface area contributed by atoms with Crippen LogP contribution in [0.25, 0.3) is 0 Å². The van der Waals surface area contributed by atoms with Crippen LogP contribution in [0.4, 0.5) is 4.79 Å². The first kappa shape index (κ1) is 27.9. The van der Waals surface area contributed by atoms with Gasteiger partial charge < -0.3 is 24.6 Å². The molecule has 0 aromatic rings. The summed E-state index contributed by atoms with van der Waals surface area (Å²) in [7, 11) is 0. The highest BCUT2D eigenvalue weighted by Crippen LogP contribution is 2.33. The maximum Gasteiger partial charge on any atom is 0.410 e. The van der Waals surface area contributed by atoms with Crippen LogP contribution in [0.15, 0.2) is 25.3 Å². The lowest BCUT2D eigenvalue weighted by Crippen LogP contribution is -2.57. The number of hydrogen-bond donors (Lipinski definition) is 1. The quantitative estimate of drug-likeness (QED) is 0.405. The number of carbonyl (C=O) groups excluding carboxylic acids is 3. The molecule has 0 aliphatic carbocycles. The Balaban J connectivity index is 2.10. The third-order valence-electron chi connectivity index (χ3n) is 6.37. The number of nitrogens with one attached hydrogen (secondary N) is 1. The van der Waals surface area contributed by atoms with Gasteiger partial charge in [0.15, 0.2) is 0 Å². The van der Waals surface area contributed by atoms with Crippen molar-refractivity contribution < 1.29 is 23.9 Å². The number of nitrogens with zero attached hydrogens (tertiary/aromatic N) is 2. The molecule has 192 valence electrons. The maximum atomic E-state index is 13.6. The van der Waals surface area contributed by atoms with Crippen molar-refractivity contribution in [3.63, 3.8) is 0 Å². The van der Waals surface area contributed by atoms with Crippen molar-refractivity contribution in [3.8, 4) is 0 Å². The Hall–Kier alpha value is -2.35. The van der Waals surface area contributed by atoms with Gasteiger partial charge in [-0.05, 0) is 46.5 Å². The lowest BCUT2D eigenvalue weighted by molar-refractivity contribution is -0.141. The van der Waals surface area contributed by atoms with Crippen LogP contribution in [0.2, 0.25) is 0 Å². The second-order valence-corrected chi connectivity index (χ2v) is 11.2. The molecule has 0 radical (unpaired) electrons. The van der Waals surface area contributed by atoms with E-state index in [1.165, 1.54) is 0 Å². The SMILES string of the molecule is C=CCOCC1(C(=O)N[C@H]2CCN(C(=O)C(C)(C)CC=C)C2)CCCN(C(=O)OC(C)(C)C)C1. The standard InChI is InChI=1S/C26H43N3O5/c1-8-12-25(6,7)22(31)28-15-11-20(17-28)27-21(30)26(19-33-16-9-2)13-10-14-29(18-26)23(32)34-24(3,4)5/h8-9,20H,1-2,10-19H2,3-7H3,(H,27,30)/t20-,26?/m0/s1. The minimum atomic E-state index is -0.877. The second-order valence-electron chi connectivity index (χ2n) is 11.2. The first-order valence-corrected chi connectivity index (χ1v) is 12.2. The molecule has 1 N–H and O–H groups in total. The Bertz CT molecular complexity index is 773. The summed E-state index contributed by atoms with van der Waals surface area (Å²) in [6, 6.07) is -0.135. The predicted molar refractivity (Wildman–Crippen MR) is 132 cm³/mol. The number of piperidine rings is 1. The van der Waals surface area contributed by atoms with Crippen LogP contribution >= 0.6 is 0 Å². The van der Waals surface area contributed by atoms with Crippen LogP contribution in [0.5, 0.6) is 0 Å². The fourth-order valence-corrected chi connectivity index (χ4v) is 4.60. The third-order valence-corrected chi connectivity index (χ3v) is 6.37. The largest absolute Gasteiger partial charge is 0.444 e. The summed E-state index contributed by atoms with van der Waals surface area (Å²) in [5.41, 5.74) is -2.01. The topological polar surface area (TPSA) is 88.2 Å². The van der Waals surface area contributed by atoms with Gasteiger partial charge in [-0.1, -0.05) is 26.0 Å². The summed E-state index contributed by atoms with van der Waals surface area (Å²) < 4.78 is 11.3. The number of carbonyl (C=O) groups is 3. The summed E-state index contributed by atoms with van der Waals surface area (Å²) in [4.78, 5) is 42.7. The lowest BCUT2D eigenvalue weighted by Gasteiger charge is -2.42. The predicted octanol–water partition coefficient (Wildman–Crippen LogP) is 3.53. The second kappa shape index (κ2) is 11.4. The Labute approximate surface area is 204 Å². The molecule has 3 amide bonds. The average Bonchev–Trinajstić information content (AvgIpc) is 3.20. The van der Waals surface area contributed by atoms with Crippen LogP contribution in [0.3, 0.4) is 0 Å². The summed E-state index contributed by atoms with van der Waals surface area (Å²) in [6.45, 7) is 19.1. The summed E-state index contributed by atoms with van der Waals surface area (Å²) in [5, 5.41) is 3.15. The molecule has 1 unspecified atom stereocenters. The molecule has 2 aliphatic heterocycles. The van der Waals surface area contributed by atoms with E-state index in [1.807, 2.05) is 39.5 Å². The van der Waals surface area contributed by atoms with Crippen molar-refractivity contribution in [2.75, 3.05) is 39.4 Å². The highest BCUT2D eigenvalue weighted by molar-refractivity contribution is 5.85. The van der Waals surface area contributed by atoms with E-state index in [4.69, 9.17) is 9.47 Å². The molecule has 2 atom stereocenters. The number of rotatable bonds is 9. The Morgan fingerprint density at radius 2 is 1.79 bits per heavy atom. The number of hydrogen-bond acceptors (Lipinski definition) is 5. The van der Waals surface area contributed by atoms with Gasteiger partial charge in [-0.15, -0.1) is 13.2 Å². The molecule has 0 saturated carbocycles. The first-order chi connectivity index (χ1) is 15.8. The summed E-state index contributed by atoms with van der Waals surface area (Å²) in [6.07, 6.45) is 5.57. The van der Waals surface area contributed by atoms with Gasteiger partial charge in [-0.2, -0.15) is 0 Å². The van der Waals surface area contributed by atoms with Crippen LogP contribution in [0, 0.1) is 10.8 Å². The van der Waals surface area contributed by atoms with Crippen LogP contribution in [-0.4, -0.2) is 78.7 Å². The lowest BCUT2D eigenvalue weighted by atomic mass is 9.79. The summed E-state index contributed by atoms with van der Waals surface area (Å²) in [5.74, 6) is -0.0728. The number of allylic oxidation sites excluding steroid dienone is 1. The molecule has 0 spiro atoms. The Morgan fingerprint density at radius 1 is 1.09 bits per heavy atom. The zero-order valence-corrected chi connectivity index (χ0v) is 21.7. The molecular weight excluding hydrogens is 434 g/mol. The fraction of sp³-hybridized carbons (Fsp3) is 0.731. The fourth-order valence-electron chi connectivity index (χ4n) is 4.60. The number of ether oxygens (including phenoxy) is 2. The third kappa shape index (κ3) is 7.32. The van der Waals surface area contributed by atoms with Gasteiger partial charge in [-0.25, -0.2) is 4.79 Å². The van der Waals surface area contributed by atoms with Gasteiger partial charge in [0.1, 0.15) is 5.60 Å². The molecule has 8 heteroatoms. The van der Waals surface area contributed by atoms with Crippen molar-refractivity contribution in [1.29, 1.82) is 0 Å². The minimum absolute atomic E-state index is 0.0712. The first-order valence-electron chi connectivity index (χ1n) is 12.2. The van der Waals surface area contributed by atoms with E-state index in [9.17, 15) is 14.4 Å². The van der Waals surface area contributed by atoms with Crippen LogP contribution in [0.1, 0.15) is 60.3 Å². The number of likely N-dealkylation sites (tertiary alicyclic amines) is 2. The molecule has 0 aromatic carbocycles. The molecule has 2 aliphatic rings. The van der Waals surface area contributed by atoms with E-state index >= 15 is 0 Å². The van der Waals surface area contributed by atoms with Crippen molar-refractivity contribution >= 4 is 17.9 Å². The van der Waals surface area contributed by atoms with E-state index < -0.39 is 22.5 Å². The van der Waals surface area contributed by atoms with E-state index in [1.54, 1.807) is 17.1 Å². The Kier molecular flexibility index (Phi) is 9.34. The van der Waals surface area contributed by atoms with E-state index in [2.05, 4.69) is 18.5 Å². The van der Waals surface area contributed by atoms with Gasteiger partial charge in [-0.3, -0.25) is 9.59 Å². The molecule has 0 aromatic heterocycles. The van der Waals surface area contributed by atoms with Gasteiger partial charge in [0.05, 0.1) is 18.6 Å². The normalized spacial score (nSPS) is 23.4. The van der Waals surface area contributed by atoms with Gasteiger partial charge in [0.2, 0.25) is 11.8 Å². The molecular formula is C26H43N3O5. The molecule has 2 rings (SSSR count). The van der Waals surface area contributed by atoms with Crippen LogP contribution < -0.4 is 5.32 Å². The van der Waals surface area contributed by atoms with Crippen molar-refractivity contribution in [1.82, 2.24) is 15.1 Å². The van der Waals surface area contributed by atoms with Gasteiger partial charge >= 0.3 is 6.09 Å². The molecule has 34 heavy (non-hydrogen) atoms. The smallest absolute Gasteiger partial charge is 0.410 e. The van der Waals surface area contributed by atoms with Gasteiger partial charge in [0, 0.05) is 37.6 Å². The molecule has 8 nitrogen and oxygen atoms in total. The van der Waals surface area contributed by atoms with E-state index in [0.717, 1.165) is 0 Å². The van der Waals surface area contributed by atoms with E-state index in [-0.39, 0.29) is 31.0 Å². The highest BCUT2D eigenvalue weighted by atomic mass is 16.6. The zero-order valence-electron chi connectivity index (χ0n) is 21.7. The molecule has 2 heterocycles. The van der Waals surface area contributed by atoms with E-state index in [0.29, 0.717) is 51.9 Å². The molecule has 2 saturated heterocycles. The number of amides is 3. The monoisotopic (exact) mass is 477 g/mol. The minimum Gasteiger partial charge on any atom is -0.444 e. The highest BCUT2D eigenvalue weighted by Gasteiger charge is 2.46. The zero-order chi connectivity index (χ0) is 25.6. The van der Waals surface area contributed by atoms with Crippen molar-refractivity contribution in [2.24, 2.45) is 10.8 Å². The summed E-state index contributed by atoms with van der Waals surface area (Å²) >= 11 is 0. The van der Waals surface area contributed by atoms with Crippen molar-refractivity contribution in [3.05, 3.63) is 25.3 Å². The van der Waals surface area contributed by atoms with Crippen molar-refractivity contribution in [2.45, 2.75) is 71.9 Å². The Morgan fingerprint density at radius 3 is 2.41 bits per heavy atom. The maximum absolute atomic E-state index is 13.6.